The zero-order valence-electron chi connectivity index (χ0n) is 14.2. The average molecular weight is 324 g/mol. The molecule has 0 amide bonds. The van der Waals surface area contributed by atoms with E-state index in [9.17, 15) is 0 Å². The molecule has 0 atom stereocenters. The molecule has 5 heteroatoms. The molecule has 0 unspecified atom stereocenters. The summed E-state index contributed by atoms with van der Waals surface area (Å²) in [4.78, 5) is 8.53. The van der Waals surface area contributed by atoms with Crippen LogP contribution < -0.4 is 0 Å². The second-order valence-electron chi connectivity index (χ2n) is 6.71. The Morgan fingerprint density at radius 2 is 2.08 bits per heavy atom. The summed E-state index contributed by atoms with van der Waals surface area (Å²) in [7, 11) is 0. The maximum Gasteiger partial charge on any atom is 0.258 e. The van der Waals surface area contributed by atoms with E-state index in [4.69, 9.17) is 9.78 Å². The molecule has 2 aromatic heterocycles. The van der Waals surface area contributed by atoms with Crippen molar-refractivity contribution in [3.8, 4) is 17.5 Å². The van der Waals surface area contributed by atoms with Crippen molar-refractivity contribution in [1.82, 2.24) is 15.1 Å². The molecule has 2 heterocycles. The van der Waals surface area contributed by atoms with Crippen LogP contribution in [0, 0.1) is 17.2 Å². The lowest BCUT2D eigenvalue weighted by molar-refractivity contribution is 0.292. The van der Waals surface area contributed by atoms with Crippen LogP contribution in [-0.4, -0.2) is 15.1 Å². The Balaban J connectivity index is 1.59. The highest BCUT2D eigenvalue weighted by atomic mass is 16.5. The molecule has 3 rings (SSSR count). The van der Waals surface area contributed by atoms with Crippen LogP contribution in [0.15, 0.2) is 22.9 Å². The predicted molar refractivity (Wildman–Crippen MR) is 91.1 cm³/mol. The molecular weight excluding hydrogens is 300 g/mol. The molecule has 126 valence electrons. The molecule has 1 aliphatic rings. The molecule has 0 N–H and O–H groups in total. The highest BCUT2D eigenvalue weighted by Crippen LogP contribution is 2.37. The van der Waals surface area contributed by atoms with Crippen LogP contribution in [0.4, 0.5) is 0 Å². The lowest BCUT2D eigenvalue weighted by atomic mass is 9.79. The summed E-state index contributed by atoms with van der Waals surface area (Å²) in [6.07, 6.45) is 11.8. The Morgan fingerprint density at radius 1 is 1.25 bits per heavy atom. The SMILES string of the molecule is CCCCCC1CCC(c2noc(-c3ccnc(C#N)c3)n2)CC1. The molecule has 0 spiro atoms. The summed E-state index contributed by atoms with van der Waals surface area (Å²) in [5.41, 5.74) is 1.12. The molecule has 1 aliphatic carbocycles. The van der Waals surface area contributed by atoms with Crippen LogP contribution in [0.3, 0.4) is 0 Å². The number of aromatic nitrogens is 3. The smallest absolute Gasteiger partial charge is 0.258 e. The van der Waals surface area contributed by atoms with Crippen molar-refractivity contribution >= 4 is 0 Å². The number of nitriles is 1. The van der Waals surface area contributed by atoms with Crippen molar-refractivity contribution in [2.45, 2.75) is 64.2 Å². The van der Waals surface area contributed by atoms with Gasteiger partial charge in [0.05, 0.1) is 0 Å². The van der Waals surface area contributed by atoms with E-state index in [1.54, 1.807) is 18.3 Å². The van der Waals surface area contributed by atoms with Gasteiger partial charge in [0, 0.05) is 17.7 Å². The minimum absolute atomic E-state index is 0.361. The minimum Gasteiger partial charge on any atom is -0.334 e. The lowest BCUT2D eigenvalue weighted by Gasteiger charge is -2.26. The second-order valence-corrected chi connectivity index (χ2v) is 6.71. The van der Waals surface area contributed by atoms with Gasteiger partial charge in [-0.05, 0) is 43.7 Å². The first-order valence-corrected chi connectivity index (χ1v) is 9.00. The van der Waals surface area contributed by atoms with Gasteiger partial charge in [-0.15, -0.1) is 0 Å². The van der Waals surface area contributed by atoms with Crippen molar-refractivity contribution < 1.29 is 4.52 Å². The third-order valence-corrected chi connectivity index (χ3v) is 4.99. The third kappa shape index (κ3) is 4.00. The van der Waals surface area contributed by atoms with Gasteiger partial charge in [-0.3, -0.25) is 0 Å². The highest BCUT2D eigenvalue weighted by Gasteiger charge is 2.26. The van der Waals surface area contributed by atoms with Crippen molar-refractivity contribution in [3.05, 3.63) is 29.8 Å². The van der Waals surface area contributed by atoms with Gasteiger partial charge < -0.3 is 4.52 Å². The fourth-order valence-corrected chi connectivity index (χ4v) is 3.53. The first kappa shape index (κ1) is 16.6. The Bertz CT molecular complexity index is 695. The quantitative estimate of drug-likeness (QED) is 0.709. The molecule has 1 fully saturated rings. The van der Waals surface area contributed by atoms with E-state index in [2.05, 4.69) is 22.0 Å². The van der Waals surface area contributed by atoms with Crippen molar-refractivity contribution in [1.29, 1.82) is 5.26 Å². The Labute approximate surface area is 143 Å². The van der Waals surface area contributed by atoms with Crippen LogP contribution in [0.5, 0.6) is 0 Å². The van der Waals surface area contributed by atoms with Crippen molar-refractivity contribution in [3.63, 3.8) is 0 Å². The molecule has 0 saturated heterocycles. The van der Waals surface area contributed by atoms with Crippen molar-refractivity contribution in [2.75, 3.05) is 0 Å². The highest BCUT2D eigenvalue weighted by molar-refractivity contribution is 5.54. The minimum atomic E-state index is 0.361. The monoisotopic (exact) mass is 324 g/mol. The number of rotatable bonds is 6. The van der Waals surface area contributed by atoms with Gasteiger partial charge in [0.2, 0.25) is 0 Å². The second kappa shape index (κ2) is 8.05. The number of nitrogens with zero attached hydrogens (tertiary/aromatic N) is 4. The topological polar surface area (TPSA) is 75.6 Å². The largest absolute Gasteiger partial charge is 0.334 e. The standard InChI is InChI=1S/C19H24N4O/c1-2-3-4-5-14-6-8-15(9-7-14)18-22-19(24-23-18)16-10-11-21-17(12-16)13-20/h10-12,14-15H,2-9H2,1H3. The van der Waals surface area contributed by atoms with Gasteiger partial charge in [-0.2, -0.15) is 10.2 Å². The van der Waals surface area contributed by atoms with Gasteiger partial charge in [-0.1, -0.05) is 37.8 Å². The average Bonchev–Trinajstić information content (AvgIpc) is 3.13. The number of unbranched alkanes of at least 4 members (excludes halogenated alkanes) is 2. The summed E-state index contributed by atoms with van der Waals surface area (Å²) >= 11 is 0. The number of hydrogen-bond acceptors (Lipinski definition) is 5. The van der Waals surface area contributed by atoms with Crippen LogP contribution in [0.25, 0.3) is 11.5 Å². The molecule has 0 aromatic carbocycles. The van der Waals surface area contributed by atoms with Gasteiger partial charge in [0.15, 0.2) is 5.82 Å². The van der Waals surface area contributed by atoms with Crippen LogP contribution in [-0.2, 0) is 0 Å². The zero-order valence-corrected chi connectivity index (χ0v) is 14.2. The number of hydrogen-bond donors (Lipinski definition) is 0. The molecule has 5 nitrogen and oxygen atoms in total. The van der Waals surface area contributed by atoms with Crippen molar-refractivity contribution in [2.24, 2.45) is 5.92 Å². The first-order chi connectivity index (χ1) is 11.8. The van der Waals surface area contributed by atoms with Gasteiger partial charge in [0.25, 0.3) is 5.89 Å². The zero-order chi connectivity index (χ0) is 16.8. The third-order valence-electron chi connectivity index (χ3n) is 4.99. The molecular formula is C19H24N4O. The van der Waals surface area contributed by atoms with Crippen LogP contribution in [0.1, 0.15) is 75.7 Å². The summed E-state index contributed by atoms with van der Waals surface area (Å²) in [6, 6.07) is 5.51. The predicted octanol–water partition coefficient (Wildman–Crippen LogP) is 4.86. The lowest BCUT2D eigenvalue weighted by Crippen LogP contribution is -2.14. The summed E-state index contributed by atoms with van der Waals surface area (Å²) < 4.78 is 5.41. The van der Waals surface area contributed by atoms with Gasteiger partial charge in [-0.25, -0.2) is 4.98 Å². The number of pyridine rings is 1. The van der Waals surface area contributed by atoms with E-state index in [0.29, 0.717) is 17.5 Å². The van der Waals surface area contributed by atoms with E-state index in [1.807, 2.05) is 6.07 Å². The van der Waals surface area contributed by atoms with E-state index in [0.717, 1.165) is 30.1 Å². The molecule has 1 saturated carbocycles. The first-order valence-electron chi connectivity index (χ1n) is 9.00. The summed E-state index contributed by atoms with van der Waals surface area (Å²) in [5.74, 6) is 2.57. The molecule has 2 aromatic rings. The Morgan fingerprint density at radius 3 is 2.83 bits per heavy atom. The maximum absolute atomic E-state index is 8.94. The van der Waals surface area contributed by atoms with Crippen LogP contribution in [0.2, 0.25) is 0 Å². The fraction of sp³-hybridized carbons (Fsp3) is 0.579. The van der Waals surface area contributed by atoms with E-state index in [1.165, 1.54) is 38.5 Å². The normalized spacial score (nSPS) is 20.7. The van der Waals surface area contributed by atoms with Crippen LogP contribution >= 0.6 is 0 Å². The maximum atomic E-state index is 8.94. The van der Waals surface area contributed by atoms with E-state index in [-0.39, 0.29) is 0 Å². The Kier molecular flexibility index (Phi) is 5.58. The molecule has 0 aliphatic heterocycles. The van der Waals surface area contributed by atoms with Gasteiger partial charge >= 0.3 is 0 Å². The van der Waals surface area contributed by atoms with E-state index < -0.39 is 0 Å². The summed E-state index contributed by atoms with van der Waals surface area (Å²) in [6.45, 7) is 2.26. The molecule has 0 bridgehead atoms. The fourth-order valence-electron chi connectivity index (χ4n) is 3.53. The molecule has 24 heavy (non-hydrogen) atoms. The van der Waals surface area contributed by atoms with E-state index >= 15 is 0 Å². The summed E-state index contributed by atoms with van der Waals surface area (Å²) in [5, 5.41) is 13.1. The van der Waals surface area contributed by atoms with Gasteiger partial charge in [0.1, 0.15) is 11.8 Å². The molecule has 0 radical (unpaired) electrons. The Hall–Kier alpha value is -2.22.